The molecule has 1 saturated heterocycles. The SMILES string of the molecule is c1ccc(Nc2nc(C3CCOC3)cs2)nc1. The summed E-state index contributed by atoms with van der Waals surface area (Å²) in [5.41, 5.74) is 1.13. The van der Waals surface area contributed by atoms with Gasteiger partial charge in [-0.3, -0.25) is 0 Å². The molecule has 2 aromatic heterocycles. The van der Waals surface area contributed by atoms with Gasteiger partial charge in [0.2, 0.25) is 0 Å². The van der Waals surface area contributed by atoms with Gasteiger partial charge in [-0.1, -0.05) is 6.07 Å². The van der Waals surface area contributed by atoms with Crippen LogP contribution in [-0.2, 0) is 4.74 Å². The molecule has 2 aromatic rings. The second-order valence-corrected chi connectivity index (χ2v) is 4.84. The fraction of sp³-hybridized carbons (Fsp3) is 0.333. The van der Waals surface area contributed by atoms with Crippen molar-refractivity contribution >= 4 is 22.3 Å². The number of pyridine rings is 1. The van der Waals surface area contributed by atoms with Gasteiger partial charge in [-0.2, -0.15) is 0 Å². The van der Waals surface area contributed by atoms with E-state index in [0.717, 1.165) is 36.3 Å². The van der Waals surface area contributed by atoms with Crippen LogP contribution in [0.1, 0.15) is 18.0 Å². The van der Waals surface area contributed by atoms with Crippen molar-refractivity contribution in [3.63, 3.8) is 0 Å². The van der Waals surface area contributed by atoms with E-state index in [2.05, 4.69) is 20.7 Å². The first kappa shape index (κ1) is 10.7. The van der Waals surface area contributed by atoms with Gasteiger partial charge in [0.25, 0.3) is 0 Å². The fourth-order valence-corrected chi connectivity index (χ4v) is 2.64. The van der Waals surface area contributed by atoms with Crippen LogP contribution in [0.5, 0.6) is 0 Å². The van der Waals surface area contributed by atoms with Crippen molar-refractivity contribution in [1.82, 2.24) is 9.97 Å². The van der Waals surface area contributed by atoms with E-state index in [1.54, 1.807) is 17.5 Å². The molecule has 3 rings (SSSR count). The van der Waals surface area contributed by atoms with Crippen LogP contribution in [0.2, 0.25) is 0 Å². The standard InChI is InChI=1S/C12H13N3OS/c1-2-5-13-11(3-1)15-12-14-10(8-17-12)9-4-6-16-7-9/h1-3,5,8-9H,4,6-7H2,(H,13,14,15). The zero-order valence-corrected chi connectivity index (χ0v) is 10.1. The molecule has 1 unspecified atom stereocenters. The third-order valence-electron chi connectivity index (χ3n) is 2.77. The highest BCUT2D eigenvalue weighted by Gasteiger charge is 2.20. The maximum atomic E-state index is 5.37. The summed E-state index contributed by atoms with van der Waals surface area (Å²) in [6, 6.07) is 5.78. The smallest absolute Gasteiger partial charge is 0.188 e. The molecule has 0 spiro atoms. The Morgan fingerprint density at radius 2 is 2.41 bits per heavy atom. The highest BCUT2D eigenvalue weighted by molar-refractivity contribution is 7.13. The minimum absolute atomic E-state index is 0.463. The van der Waals surface area contributed by atoms with E-state index in [0.29, 0.717) is 5.92 Å². The van der Waals surface area contributed by atoms with Gasteiger partial charge >= 0.3 is 0 Å². The number of hydrogen-bond acceptors (Lipinski definition) is 5. The van der Waals surface area contributed by atoms with E-state index in [4.69, 9.17) is 4.74 Å². The Morgan fingerprint density at radius 1 is 1.41 bits per heavy atom. The molecule has 1 aliphatic heterocycles. The monoisotopic (exact) mass is 247 g/mol. The lowest BCUT2D eigenvalue weighted by Gasteiger charge is -2.02. The highest BCUT2D eigenvalue weighted by Crippen LogP contribution is 2.29. The number of anilines is 2. The van der Waals surface area contributed by atoms with Crippen LogP contribution in [-0.4, -0.2) is 23.2 Å². The van der Waals surface area contributed by atoms with Gasteiger partial charge in [-0.05, 0) is 18.6 Å². The molecular formula is C12H13N3OS. The summed E-state index contributed by atoms with van der Waals surface area (Å²) in [6.07, 6.45) is 2.84. The molecule has 1 atom stereocenters. The number of hydrogen-bond donors (Lipinski definition) is 1. The largest absolute Gasteiger partial charge is 0.381 e. The average molecular weight is 247 g/mol. The summed E-state index contributed by atoms with van der Waals surface area (Å²) in [7, 11) is 0. The first-order valence-corrected chi connectivity index (χ1v) is 6.51. The summed E-state index contributed by atoms with van der Waals surface area (Å²) in [5, 5.41) is 6.20. The maximum absolute atomic E-state index is 5.37. The maximum Gasteiger partial charge on any atom is 0.188 e. The van der Waals surface area contributed by atoms with Crippen molar-refractivity contribution in [3.8, 4) is 0 Å². The van der Waals surface area contributed by atoms with E-state index < -0.39 is 0 Å². The molecule has 0 aliphatic carbocycles. The molecular weight excluding hydrogens is 234 g/mol. The molecule has 0 saturated carbocycles. The van der Waals surface area contributed by atoms with Crippen LogP contribution in [0.15, 0.2) is 29.8 Å². The fourth-order valence-electron chi connectivity index (χ4n) is 1.85. The lowest BCUT2D eigenvalue weighted by atomic mass is 10.1. The summed E-state index contributed by atoms with van der Waals surface area (Å²) in [4.78, 5) is 8.79. The molecule has 5 heteroatoms. The number of thiazole rings is 1. The molecule has 3 heterocycles. The Balaban J connectivity index is 1.72. The first-order valence-electron chi connectivity index (χ1n) is 5.63. The lowest BCUT2D eigenvalue weighted by molar-refractivity contribution is 0.193. The zero-order valence-electron chi connectivity index (χ0n) is 9.30. The summed E-state index contributed by atoms with van der Waals surface area (Å²) < 4.78 is 5.37. The Bertz CT molecular complexity index is 480. The van der Waals surface area contributed by atoms with Crippen molar-refractivity contribution < 1.29 is 4.74 Å². The zero-order chi connectivity index (χ0) is 11.5. The van der Waals surface area contributed by atoms with Crippen LogP contribution in [0, 0.1) is 0 Å². The molecule has 17 heavy (non-hydrogen) atoms. The van der Waals surface area contributed by atoms with E-state index in [-0.39, 0.29) is 0 Å². The minimum atomic E-state index is 0.463. The minimum Gasteiger partial charge on any atom is -0.381 e. The first-order chi connectivity index (χ1) is 8.42. The van der Waals surface area contributed by atoms with Gasteiger partial charge in [-0.15, -0.1) is 11.3 Å². The second-order valence-electron chi connectivity index (χ2n) is 3.98. The molecule has 4 nitrogen and oxygen atoms in total. The van der Waals surface area contributed by atoms with Crippen LogP contribution in [0.25, 0.3) is 0 Å². The number of rotatable bonds is 3. The van der Waals surface area contributed by atoms with Gasteiger partial charge in [0.15, 0.2) is 5.13 Å². The molecule has 0 bridgehead atoms. The Hall–Kier alpha value is -1.46. The lowest BCUT2D eigenvalue weighted by Crippen LogP contribution is -1.98. The molecule has 1 fully saturated rings. The predicted molar refractivity (Wildman–Crippen MR) is 67.8 cm³/mol. The predicted octanol–water partition coefficient (Wildman–Crippen LogP) is 2.79. The number of nitrogens with zero attached hydrogens (tertiary/aromatic N) is 2. The van der Waals surface area contributed by atoms with Crippen molar-refractivity contribution in [2.24, 2.45) is 0 Å². The number of ether oxygens (including phenoxy) is 1. The number of nitrogens with one attached hydrogen (secondary N) is 1. The normalized spacial score (nSPS) is 19.4. The molecule has 1 N–H and O–H groups in total. The van der Waals surface area contributed by atoms with Crippen molar-refractivity contribution in [2.45, 2.75) is 12.3 Å². The Labute approximate surface area is 104 Å². The summed E-state index contributed by atoms with van der Waals surface area (Å²) in [6.45, 7) is 1.65. The third-order valence-corrected chi connectivity index (χ3v) is 3.55. The van der Waals surface area contributed by atoms with E-state index in [1.165, 1.54) is 0 Å². The highest BCUT2D eigenvalue weighted by atomic mass is 32.1. The topological polar surface area (TPSA) is 47.0 Å². The quantitative estimate of drug-likeness (QED) is 0.906. The summed E-state index contributed by atoms with van der Waals surface area (Å²) in [5.74, 6) is 1.29. The number of aromatic nitrogens is 2. The van der Waals surface area contributed by atoms with Gasteiger partial charge in [-0.25, -0.2) is 9.97 Å². The average Bonchev–Trinajstić information content (AvgIpc) is 3.00. The van der Waals surface area contributed by atoms with Crippen LogP contribution in [0.4, 0.5) is 10.9 Å². The Morgan fingerprint density at radius 3 is 3.18 bits per heavy atom. The molecule has 0 aromatic carbocycles. The van der Waals surface area contributed by atoms with E-state index in [1.807, 2.05) is 18.2 Å². The summed E-state index contributed by atoms with van der Waals surface area (Å²) >= 11 is 1.61. The van der Waals surface area contributed by atoms with E-state index in [9.17, 15) is 0 Å². The van der Waals surface area contributed by atoms with E-state index >= 15 is 0 Å². The Kier molecular flexibility index (Phi) is 3.02. The molecule has 88 valence electrons. The van der Waals surface area contributed by atoms with Crippen molar-refractivity contribution in [3.05, 3.63) is 35.5 Å². The van der Waals surface area contributed by atoms with Gasteiger partial charge in [0.1, 0.15) is 5.82 Å². The third kappa shape index (κ3) is 2.45. The second kappa shape index (κ2) is 4.81. The van der Waals surface area contributed by atoms with Crippen molar-refractivity contribution in [2.75, 3.05) is 18.5 Å². The van der Waals surface area contributed by atoms with Crippen LogP contribution >= 0.6 is 11.3 Å². The van der Waals surface area contributed by atoms with Crippen LogP contribution < -0.4 is 5.32 Å². The van der Waals surface area contributed by atoms with Crippen LogP contribution in [0.3, 0.4) is 0 Å². The van der Waals surface area contributed by atoms with Gasteiger partial charge < -0.3 is 10.1 Å². The van der Waals surface area contributed by atoms with Gasteiger partial charge in [0, 0.05) is 24.1 Å². The van der Waals surface area contributed by atoms with Crippen molar-refractivity contribution in [1.29, 1.82) is 0 Å². The van der Waals surface area contributed by atoms with Gasteiger partial charge in [0.05, 0.1) is 12.3 Å². The molecule has 0 amide bonds. The molecule has 1 aliphatic rings. The molecule has 0 radical (unpaired) electrons.